The van der Waals surface area contributed by atoms with E-state index in [0.717, 1.165) is 12.3 Å². The maximum Gasteiger partial charge on any atom is 0.416 e. The number of hydrogen-bond acceptors (Lipinski definition) is 5. The van der Waals surface area contributed by atoms with E-state index < -0.39 is 35.7 Å². The summed E-state index contributed by atoms with van der Waals surface area (Å²) in [5.74, 6) is -1.19. The third-order valence-corrected chi connectivity index (χ3v) is 4.98. The Morgan fingerprint density at radius 3 is 2.73 bits per heavy atom. The smallest absolute Gasteiger partial charge is 0.385 e. The van der Waals surface area contributed by atoms with Gasteiger partial charge in [0.05, 0.1) is 17.3 Å². The molecule has 0 aromatic heterocycles. The largest absolute Gasteiger partial charge is 0.416 e. The highest BCUT2D eigenvalue weighted by atomic mass is 19.4. The van der Waals surface area contributed by atoms with Gasteiger partial charge < -0.3 is 16.0 Å². The Hall–Kier alpha value is -3.27. The van der Waals surface area contributed by atoms with Crippen molar-refractivity contribution < 1.29 is 22.4 Å². The number of allylic oxidation sites excluding steroid dienone is 2. The summed E-state index contributed by atoms with van der Waals surface area (Å²) in [5, 5.41) is 9.76. The minimum absolute atomic E-state index is 0.0361. The third kappa shape index (κ3) is 3.65. The molecule has 3 heterocycles. The molecule has 0 saturated heterocycles. The Bertz CT molecular complexity index is 995. The molecule has 10 heteroatoms. The van der Waals surface area contributed by atoms with Gasteiger partial charge in [-0.1, -0.05) is 24.3 Å². The molecule has 0 aliphatic carbocycles. The predicted molar refractivity (Wildman–Crippen MR) is 101 cm³/mol. The second-order valence-corrected chi connectivity index (χ2v) is 6.98. The van der Waals surface area contributed by atoms with E-state index in [1.54, 1.807) is 19.1 Å². The summed E-state index contributed by atoms with van der Waals surface area (Å²) in [6, 6.07) is 4.47. The van der Waals surface area contributed by atoms with E-state index in [-0.39, 0.29) is 17.0 Å². The van der Waals surface area contributed by atoms with Gasteiger partial charge in [0.15, 0.2) is 5.83 Å². The van der Waals surface area contributed by atoms with E-state index in [4.69, 9.17) is 0 Å². The number of hydrogen-bond donors (Lipinski definition) is 4. The van der Waals surface area contributed by atoms with Gasteiger partial charge in [0.1, 0.15) is 11.9 Å². The van der Waals surface area contributed by atoms with Gasteiger partial charge in [-0.05, 0) is 30.7 Å². The molecule has 158 valence electrons. The first kappa shape index (κ1) is 20.0. The maximum absolute atomic E-state index is 13.9. The highest BCUT2D eigenvalue weighted by molar-refractivity contribution is 5.95. The van der Waals surface area contributed by atoms with E-state index in [1.165, 1.54) is 29.3 Å². The SMILES string of the molecule is CC1=C(C(=O)NC2=CCNC=C2F)N2NC(c3ccccc3C(F)(F)F)C=CC2N1. The van der Waals surface area contributed by atoms with Crippen LogP contribution in [0.2, 0.25) is 0 Å². The van der Waals surface area contributed by atoms with Crippen molar-refractivity contribution in [2.45, 2.75) is 25.3 Å². The molecular weight excluding hydrogens is 402 g/mol. The third-order valence-electron chi connectivity index (χ3n) is 4.98. The number of nitrogens with zero attached hydrogens (tertiary/aromatic N) is 1. The highest BCUT2D eigenvalue weighted by Gasteiger charge is 2.39. The van der Waals surface area contributed by atoms with Crippen molar-refractivity contribution in [1.82, 2.24) is 26.4 Å². The average molecular weight is 421 g/mol. The first-order valence-electron chi connectivity index (χ1n) is 9.24. The highest BCUT2D eigenvalue weighted by Crippen LogP contribution is 2.36. The number of amides is 1. The van der Waals surface area contributed by atoms with E-state index in [1.807, 2.05) is 0 Å². The summed E-state index contributed by atoms with van der Waals surface area (Å²) in [6.07, 6.45) is 0.978. The molecule has 6 nitrogen and oxygen atoms in total. The number of alkyl halides is 3. The Balaban J connectivity index is 1.59. The van der Waals surface area contributed by atoms with Crippen LogP contribution in [0.3, 0.4) is 0 Å². The summed E-state index contributed by atoms with van der Waals surface area (Å²) in [4.78, 5) is 12.8. The summed E-state index contributed by atoms with van der Waals surface area (Å²) >= 11 is 0. The predicted octanol–water partition coefficient (Wildman–Crippen LogP) is 2.70. The normalized spacial score (nSPS) is 23.3. The minimum atomic E-state index is -4.51. The molecular formula is C20H19F4N5O. The van der Waals surface area contributed by atoms with Crippen molar-refractivity contribution in [3.63, 3.8) is 0 Å². The van der Waals surface area contributed by atoms with Gasteiger partial charge in [-0.25, -0.2) is 9.82 Å². The zero-order valence-electron chi connectivity index (χ0n) is 15.8. The monoisotopic (exact) mass is 421 g/mol. The summed E-state index contributed by atoms with van der Waals surface area (Å²) in [7, 11) is 0. The van der Waals surface area contributed by atoms with Gasteiger partial charge in [0, 0.05) is 18.4 Å². The number of benzene rings is 1. The average Bonchev–Trinajstić information content (AvgIpc) is 3.04. The van der Waals surface area contributed by atoms with Crippen molar-refractivity contribution in [2.24, 2.45) is 0 Å². The van der Waals surface area contributed by atoms with Crippen LogP contribution in [0.4, 0.5) is 17.6 Å². The summed E-state index contributed by atoms with van der Waals surface area (Å²) < 4.78 is 54.2. The lowest BCUT2D eigenvalue weighted by atomic mass is 9.99. The molecule has 2 unspecified atom stereocenters. The van der Waals surface area contributed by atoms with Crippen LogP contribution in [0, 0.1) is 0 Å². The minimum Gasteiger partial charge on any atom is -0.385 e. The number of dihydropyridines is 1. The number of halogens is 4. The molecule has 2 atom stereocenters. The zero-order valence-corrected chi connectivity index (χ0v) is 15.8. The molecule has 3 aliphatic heterocycles. The van der Waals surface area contributed by atoms with Gasteiger partial charge in [-0.2, -0.15) is 13.2 Å². The molecule has 1 aromatic rings. The summed E-state index contributed by atoms with van der Waals surface area (Å²) in [6.45, 7) is 2.04. The number of carbonyl (C=O) groups is 1. The lowest BCUT2D eigenvalue weighted by Crippen LogP contribution is -2.51. The summed E-state index contributed by atoms with van der Waals surface area (Å²) in [5.41, 5.74) is 2.99. The van der Waals surface area contributed by atoms with Crippen LogP contribution in [-0.2, 0) is 11.0 Å². The van der Waals surface area contributed by atoms with Crippen molar-refractivity contribution in [3.8, 4) is 0 Å². The van der Waals surface area contributed by atoms with Gasteiger partial charge >= 0.3 is 6.18 Å². The quantitative estimate of drug-likeness (QED) is 0.447. The fourth-order valence-corrected chi connectivity index (χ4v) is 3.62. The molecule has 0 saturated carbocycles. The van der Waals surface area contributed by atoms with E-state index in [9.17, 15) is 22.4 Å². The molecule has 3 aliphatic rings. The van der Waals surface area contributed by atoms with Crippen molar-refractivity contribution in [3.05, 3.63) is 82.7 Å². The molecule has 30 heavy (non-hydrogen) atoms. The molecule has 1 amide bonds. The standard InChI is InChI=1S/C20H19F4N5O/c1-11-18(19(30)27-16-8-9-25-10-14(16)21)29-17(26-11)7-6-15(28-29)12-4-2-3-5-13(12)20(22,23)24/h2-8,10,15,17,25-26,28H,9H2,1H3,(H,27,30). The molecule has 4 rings (SSSR count). The second kappa shape index (κ2) is 7.52. The molecule has 0 fully saturated rings. The van der Waals surface area contributed by atoms with Crippen LogP contribution in [0.15, 0.2) is 71.6 Å². The zero-order chi connectivity index (χ0) is 21.5. The van der Waals surface area contributed by atoms with Crippen molar-refractivity contribution in [2.75, 3.05) is 6.54 Å². The van der Waals surface area contributed by atoms with Gasteiger partial charge in [0.2, 0.25) is 0 Å². The van der Waals surface area contributed by atoms with Crippen molar-refractivity contribution >= 4 is 5.91 Å². The molecule has 0 radical (unpaired) electrons. The number of hydrazine groups is 1. The van der Waals surface area contributed by atoms with Crippen LogP contribution in [0.25, 0.3) is 0 Å². The van der Waals surface area contributed by atoms with Crippen LogP contribution >= 0.6 is 0 Å². The Morgan fingerprint density at radius 1 is 1.23 bits per heavy atom. The van der Waals surface area contributed by atoms with Gasteiger partial charge in [0.25, 0.3) is 5.91 Å². The lowest BCUT2D eigenvalue weighted by molar-refractivity contribution is -0.138. The number of fused-ring (bicyclic) bond motifs is 1. The maximum atomic E-state index is 13.9. The second-order valence-electron chi connectivity index (χ2n) is 6.98. The molecule has 1 aromatic carbocycles. The first-order valence-corrected chi connectivity index (χ1v) is 9.24. The molecule has 4 N–H and O–H groups in total. The fourth-order valence-electron chi connectivity index (χ4n) is 3.62. The van der Waals surface area contributed by atoms with Crippen LogP contribution in [0.5, 0.6) is 0 Å². The lowest BCUT2D eigenvalue weighted by Gasteiger charge is -2.35. The van der Waals surface area contributed by atoms with Gasteiger partial charge in [-0.15, -0.1) is 0 Å². The number of nitrogens with one attached hydrogen (secondary N) is 4. The van der Waals surface area contributed by atoms with E-state index in [2.05, 4.69) is 21.4 Å². The van der Waals surface area contributed by atoms with E-state index in [0.29, 0.717) is 12.2 Å². The van der Waals surface area contributed by atoms with Gasteiger partial charge in [-0.3, -0.25) is 9.80 Å². The Kier molecular flexibility index (Phi) is 5.02. The Morgan fingerprint density at radius 2 is 2.00 bits per heavy atom. The number of rotatable bonds is 3. The topological polar surface area (TPSA) is 68.4 Å². The first-order chi connectivity index (χ1) is 14.3. The fraction of sp³-hybridized carbons (Fsp3) is 0.250. The van der Waals surface area contributed by atoms with Crippen LogP contribution < -0.4 is 21.4 Å². The van der Waals surface area contributed by atoms with Crippen LogP contribution in [0.1, 0.15) is 24.1 Å². The van der Waals surface area contributed by atoms with E-state index >= 15 is 0 Å². The number of carbonyl (C=O) groups excluding carboxylic acids is 1. The van der Waals surface area contributed by atoms with Crippen molar-refractivity contribution in [1.29, 1.82) is 0 Å². The molecule has 0 spiro atoms. The Labute approximate surface area is 170 Å². The van der Waals surface area contributed by atoms with Crippen LogP contribution in [-0.4, -0.2) is 23.6 Å². The molecule has 0 bridgehead atoms.